The topological polar surface area (TPSA) is 53.3 Å². The van der Waals surface area contributed by atoms with Crippen LogP contribution in [0.4, 0.5) is 0 Å². The summed E-state index contributed by atoms with van der Waals surface area (Å²) in [4.78, 5) is 2.75. The molecule has 0 saturated heterocycles. The second kappa shape index (κ2) is 26.9. The van der Waals surface area contributed by atoms with Crippen molar-refractivity contribution in [1.82, 2.24) is 15.5 Å². The van der Waals surface area contributed by atoms with Crippen molar-refractivity contribution in [2.75, 3.05) is 52.4 Å². The van der Waals surface area contributed by atoms with Gasteiger partial charge in [-0.2, -0.15) is 0 Å². The van der Waals surface area contributed by atoms with Crippen molar-refractivity contribution >= 4 is 0 Å². The van der Waals surface area contributed by atoms with Crippen molar-refractivity contribution in [2.24, 2.45) is 5.73 Å². The molecule has 0 atom stereocenters. The van der Waals surface area contributed by atoms with Crippen LogP contribution in [-0.4, -0.2) is 57.3 Å². The Morgan fingerprint density at radius 2 is 0.867 bits per heavy atom. The monoisotopic (exact) mass is 426 g/mol. The van der Waals surface area contributed by atoms with E-state index in [0.29, 0.717) is 0 Å². The van der Waals surface area contributed by atoms with Gasteiger partial charge in [-0.05, 0) is 90.9 Å². The third kappa shape index (κ3) is 24.1. The van der Waals surface area contributed by atoms with Crippen LogP contribution in [0.1, 0.15) is 117 Å². The lowest BCUT2D eigenvalue weighted by molar-refractivity contribution is 0.256. The van der Waals surface area contributed by atoms with Crippen LogP contribution >= 0.6 is 0 Å². The predicted octanol–water partition coefficient (Wildman–Crippen LogP) is 5.71. The van der Waals surface area contributed by atoms with Gasteiger partial charge in [0.15, 0.2) is 0 Å². The Bertz CT molecular complexity index is 283. The van der Waals surface area contributed by atoms with E-state index in [1.54, 1.807) is 0 Å². The van der Waals surface area contributed by atoms with Crippen LogP contribution in [0.5, 0.6) is 0 Å². The molecule has 0 aliphatic carbocycles. The van der Waals surface area contributed by atoms with E-state index >= 15 is 0 Å². The Hall–Kier alpha value is -0.160. The van der Waals surface area contributed by atoms with E-state index in [1.807, 2.05) is 0 Å². The number of nitrogens with one attached hydrogen (secondary N) is 2. The van der Waals surface area contributed by atoms with Crippen LogP contribution < -0.4 is 16.4 Å². The van der Waals surface area contributed by atoms with Crippen molar-refractivity contribution in [3.05, 3.63) is 0 Å². The number of unbranched alkanes of at least 4 members (excludes halogenated alkanes) is 11. The molecule has 0 fully saturated rings. The van der Waals surface area contributed by atoms with Gasteiger partial charge in [0.05, 0.1) is 0 Å². The minimum atomic E-state index is 0.795. The van der Waals surface area contributed by atoms with Crippen LogP contribution in [0.2, 0.25) is 0 Å². The number of hydrogen-bond donors (Lipinski definition) is 3. The van der Waals surface area contributed by atoms with Gasteiger partial charge in [-0.25, -0.2) is 0 Å². The predicted molar refractivity (Wildman–Crippen MR) is 136 cm³/mol. The SMILES string of the molecule is CCCCCCCCN(CCCCCCCC)CCCNCCCCNCCCN. The zero-order valence-corrected chi connectivity index (χ0v) is 21.0. The minimum absolute atomic E-state index is 0.795. The third-order valence-corrected chi connectivity index (χ3v) is 6.00. The van der Waals surface area contributed by atoms with Crippen LogP contribution in [-0.2, 0) is 0 Å². The first-order chi connectivity index (χ1) is 14.8. The molecule has 182 valence electrons. The van der Waals surface area contributed by atoms with Gasteiger partial charge >= 0.3 is 0 Å². The average molecular weight is 427 g/mol. The fraction of sp³-hybridized carbons (Fsp3) is 1.00. The summed E-state index contributed by atoms with van der Waals surface area (Å²) >= 11 is 0. The quantitative estimate of drug-likeness (QED) is 0.155. The first kappa shape index (κ1) is 29.8. The molecular formula is C26H58N4. The lowest BCUT2D eigenvalue weighted by Crippen LogP contribution is -2.30. The summed E-state index contributed by atoms with van der Waals surface area (Å²) < 4.78 is 0. The Morgan fingerprint density at radius 3 is 1.37 bits per heavy atom. The summed E-state index contributed by atoms with van der Waals surface area (Å²) in [6.45, 7) is 13.8. The molecule has 30 heavy (non-hydrogen) atoms. The highest BCUT2D eigenvalue weighted by molar-refractivity contribution is 4.61. The molecule has 4 nitrogen and oxygen atoms in total. The van der Waals surface area contributed by atoms with Crippen LogP contribution in [0.3, 0.4) is 0 Å². The molecule has 0 aromatic heterocycles. The van der Waals surface area contributed by atoms with Gasteiger partial charge < -0.3 is 21.3 Å². The van der Waals surface area contributed by atoms with E-state index in [4.69, 9.17) is 5.73 Å². The van der Waals surface area contributed by atoms with E-state index in [9.17, 15) is 0 Å². The molecule has 0 radical (unpaired) electrons. The van der Waals surface area contributed by atoms with Crippen molar-refractivity contribution in [2.45, 2.75) is 117 Å². The Labute approximate surface area is 190 Å². The lowest BCUT2D eigenvalue weighted by Gasteiger charge is -2.22. The molecule has 0 heterocycles. The standard InChI is InChI=1S/C26H58N4/c1-3-5-7-9-11-15-24-30(25-16-12-10-8-6-4-2)26-18-23-29-21-14-13-20-28-22-17-19-27/h28-29H,3-27H2,1-2H3. The van der Waals surface area contributed by atoms with E-state index in [1.165, 1.54) is 122 Å². The Morgan fingerprint density at radius 1 is 0.467 bits per heavy atom. The van der Waals surface area contributed by atoms with E-state index < -0.39 is 0 Å². The number of rotatable bonds is 26. The number of hydrogen-bond acceptors (Lipinski definition) is 4. The van der Waals surface area contributed by atoms with E-state index in [2.05, 4.69) is 29.4 Å². The van der Waals surface area contributed by atoms with E-state index in [-0.39, 0.29) is 0 Å². The van der Waals surface area contributed by atoms with Gasteiger partial charge in [-0.15, -0.1) is 0 Å². The van der Waals surface area contributed by atoms with Gasteiger partial charge in [0.1, 0.15) is 0 Å². The summed E-state index contributed by atoms with van der Waals surface area (Å²) in [6.07, 6.45) is 21.8. The zero-order chi connectivity index (χ0) is 22.0. The summed E-state index contributed by atoms with van der Waals surface area (Å²) in [7, 11) is 0. The van der Waals surface area contributed by atoms with Gasteiger partial charge in [0.2, 0.25) is 0 Å². The molecule has 0 saturated carbocycles. The molecule has 4 heteroatoms. The van der Waals surface area contributed by atoms with Crippen molar-refractivity contribution in [3.8, 4) is 0 Å². The molecule has 0 rings (SSSR count). The van der Waals surface area contributed by atoms with Crippen molar-refractivity contribution < 1.29 is 0 Å². The number of nitrogens with zero attached hydrogens (tertiary/aromatic N) is 1. The molecule has 0 amide bonds. The first-order valence-electron chi connectivity index (χ1n) is 13.7. The normalized spacial score (nSPS) is 11.6. The maximum Gasteiger partial charge on any atom is -0.000664 e. The van der Waals surface area contributed by atoms with Crippen LogP contribution in [0, 0.1) is 0 Å². The molecule has 0 unspecified atom stereocenters. The summed E-state index contributed by atoms with van der Waals surface area (Å²) in [5.41, 5.74) is 5.51. The fourth-order valence-corrected chi connectivity index (χ4v) is 3.97. The highest BCUT2D eigenvalue weighted by Crippen LogP contribution is 2.09. The molecule has 0 aliphatic rings. The maximum absolute atomic E-state index is 5.51. The molecule has 0 aromatic carbocycles. The van der Waals surface area contributed by atoms with Crippen LogP contribution in [0.25, 0.3) is 0 Å². The van der Waals surface area contributed by atoms with Gasteiger partial charge in [-0.3, -0.25) is 0 Å². The summed E-state index contributed by atoms with van der Waals surface area (Å²) in [5.74, 6) is 0. The molecule has 0 aromatic rings. The summed E-state index contributed by atoms with van der Waals surface area (Å²) in [5, 5.41) is 7.11. The molecular weight excluding hydrogens is 368 g/mol. The van der Waals surface area contributed by atoms with Crippen molar-refractivity contribution in [3.63, 3.8) is 0 Å². The fourth-order valence-electron chi connectivity index (χ4n) is 3.97. The van der Waals surface area contributed by atoms with Gasteiger partial charge in [-0.1, -0.05) is 78.1 Å². The first-order valence-corrected chi connectivity index (χ1v) is 13.7. The largest absolute Gasteiger partial charge is 0.330 e. The zero-order valence-electron chi connectivity index (χ0n) is 21.0. The average Bonchev–Trinajstić information content (AvgIpc) is 2.76. The van der Waals surface area contributed by atoms with Gasteiger partial charge in [0, 0.05) is 0 Å². The molecule has 0 aliphatic heterocycles. The summed E-state index contributed by atoms with van der Waals surface area (Å²) in [6, 6.07) is 0. The number of nitrogens with two attached hydrogens (primary N) is 1. The van der Waals surface area contributed by atoms with Crippen molar-refractivity contribution in [1.29, 1.82) is 0 Å². The van der Waals surface area contributed by atoms with E-state index in [0.717, 1.165) is 32.6 Å². The second-order valence-corrected chi connectivity index (χ2v) is 9.08. The highest BCUT2D eigenvalue weighted by Gasteiger charge is 2.05. The molecule has 0 spiro atoms. The minimum Gasteiger partial charge on any atom is -0.330 e. The van der Waals surface area contributed by atoms with Crippen LogP contribution in [0.15, 0.2) is 0 Å². The Balaban J connectivity index is 3.73. The maximum atomic E-state index is 5.51. The lowest BCUT2D eigenvalue weighted by atomic mass is 10.1. The molecule has 0 bridgehead atoms. The highest BCUT2D eigenvalue weighted by atomic mass is 15.1. The second-order valence-electron chi connectivity index (χ2n) is 9.08. The molecule has 4 N–H and O–H groups in total. The van der Waals surface area contributed by atoms with Gasteiger partial charge in [0.25, 0.3) is 0 Å². The third-order valence-electron chi connectivity index (χ3n) is 6.00. The Kier molecular flexibility index (Phi) is 26.7. The smallest absolute Gasteiger partial charge is 0.000664 e.